The molecule has 142 valence electrons. The fourth-order valence-corrected chi connectivity index (χ4v) is 2.90. The number of likely N-dealkylation sites (N-methyl/N-ethyl adjacent to an activating group) is 1. The van der Waals surface area contributed by atoms with Crippen LogP contribution >= 0.6 is 0 Å². The van der Waals surface area contributed by atoms with Crippen molar-refractivity contribution in [2.45, 2.75) is 20.8 Å². The number of carbonyl (C=O) groups excluding carboxylic acids is 2. The lowest BCUT2D eigenvalue weighted by atomic mass is 10.1. The molecule has 0 spiro atoms. The third kappa shape index (κ3) is 4.60. The van der Waals surface area contributed by atoms with Crippen LogP contribution < -0.4 is 11.1 Å². The highest BCUT2D eigenvalue weighted by Gasteiger charge is 2.20. The van der Waals surface area contributed by atoms with Gasteiger partial charge in [-0.2, -0.15) is 0 Å². The Morgan fingerprint density at radius 3 is 2.30 bits per heavy atom. The van der Waals surface area contributed by atoms with Gasteiger partial charge in [0.15, 0.2) is 0 Å². The van der Waals surface area contributed by atoms with Crippen LogP contribution in [0.2, 0.25) is 0 Å². The second-order valence-corrected chi connectivity index (χ2v) is 6.51. The Labute approximate surface area is 157 Å². The highest BCUT2D eigenvalue weighted by molar-refractivity contribution is 6.00. The number of carbonyl (C=O) groups is 2. The van der Waals surface area contributed by atoms with E-state index in [-0.39, 0.29) is 29.4 Å². The fourth-order valence-electron chi connectivity index (χ4n) is 2.90. The number of benzene rings is 2. The molecule has 2 rings (SSSR count). The molecule has 0 atom stereocenters. The SMILES string of the molecule is Cc1cc(C)c(NC(=O)CN(C)C(=O)c2ccc(N)c([N+](=O)[O-])c2)c(C)c1. The van der Waals surface area contributed by atoms with Crippen molar-refractivity contribution in [3.63, 3.8) is 0 Å². The van der Waals surface area contributed by atoms with Gasteiger partial charge in [0.25, 0.3) is 11.6 Å². The van der Waals surface area contributed by atoms with Crippen molar-refractivity contribution in [1.82, 2.24) is 4.90 Å². The maximum absolute atomic E-state index is 12.5. The van der Waals surface area contributed by atoms with E-state index >= 15 is 0 Å². The zero-order valence-electron chi connectivity index (χ0n) is 15.7. The number of hydrogen-bond donors (Lipinski definition) is 2. The van der Waals surface area contributed by atoms with Crippen molar-refractivity contribution in [3.8, 4) is 0 Å². The number of nitrogens with two attached hydrogens (primary N) is 1. The van der Waals surface area contributed by atoms with Gasteiger partial charge in [-0.3, -0.25) is 19.7 Å². The lowest BCUT2D eigenvalue weighted by Gasteiger charge is -2.18. The summed E-state index contributed by atoms with van der Waals surface area (Å²) in [7, 11) is 1.46. The molecule has 0 heterocycles. The van der Waals surface area contributed by atoms with E-state index in [9.17, 15) is 19.7 Å². The maximum atomic E-state index is 12.5. The van der Waals surface area contributed by atoms with Crippen LogP contribution in [0.3, 0.4) is 0 Å². The number of nitrogens with zero attached hydrogens (tertiary/aromatic N) is 2. The van der Waals surface area contributed by atoms with E-state index < -0.39 is 10.8 Å². The predicted molar refractivity (Wildman–Crippen MR) is 104 cm³/mol. The Hall–Kier alpha value is -3.42. The van der Waals surface area contributed by atoms with E-state index in [4.69, 9.17) is 5.73 Å². The monoisotopic (exact) mass is 370 g/mol. The summed E-state index contributed by atoms with van der Waals surface area (Å²) >= 11 is 0. The second kappa shape index (κ2) is 7.86. The zero-order valence-corrected chi connectivity index (χ0v) is 15.7. The van der Waals surface area contributed by atoms with Gasteiger partial charge in [-0.1, -0.05) is 17.7 Å². The number of anilines is 2. The van der Waals surface area contributed by atoms with Crippen LogP contribution in [0.1, 0.15) is 27.0 Å². The van der Waals surface area contributed by atoms with Gasteiger partial charge in [0.1, 0.15) is 5.69 Å². The van der Waals surface area contributed by atoms with E-state index in [1.807, 2.05) is 32.9 Å². The molecule has 3 N–H and O–H groups in total. The standard InChI is InChI=1S/C19H22N4O4/c1-11-7-12(2)18(13(3)8-11)21-17(24)10-22(4)19(25)14-5-6-15(20)16(9-14)23(26)27/h5-9H,10,20H2,1-4H3,(H,21,24). The maximum Gasteiger partial charge on any atom is 0.292 e. The molecule has 2 aromatic rings. The molecule has 0 radical (unpaired) electrons. The minimum atomic E-state index is -0.651. The minimum absolute atomic E-state index is 0.0257. The molecule has 8 heteroatoms. The van der Waals surface area contributed by atoms with Crippen molar-refractivity contribution in [3.05, 3.63) is 62.7 Å². The minimum Gasteiger partial charge on any atom is -0.393 e. The van der Waals surface area contributed by atoms with Gasteiger partial charge in [0.2, 0.25) is 5.91 Å². The average Bonchev–Trinajstić information content (AvgIpc) is 2.57. The first-order valence-electron chi connectivity index (χ1n) is 8.27. The smallest absolute Gasteiger partial charge is 0.292 e. The van der Waals surface area contributed by atoms with Crippen LogP contribution in [0, 0.1) is 30.9 Å². The molecule has 2 aromatic carbocycles. The third-order valence-corrected chi connectivity index (χ3v) is 4.14. The molecule has 0 aliphatic carbocycles. The van der Waals surface area contributed by atoms with Gasteiger partial charge in [0, 0.05) is 24.4 Å². The number of nitro groups is 1. The number of nitro benzene ring substituents is 1. The molecule has 0 aromatic heterocycles. The summed E-state index contributed by atoms with van der Waals surface area (Å²) in [4.78, 5) is 36.3. The largest absolute Gasteiger partial charge is 0.393 e. The first kappa shape index (κ1) is 19.9. The fraction of sp³-hybridized carbons (Fsp3) is 0.263. The summed E-state index contributed by atoms with van der Waals surface area (Å²) in [6.07, 6.45) is 0. The Kier molecular flexibility index (Phi) is 5.79. The molecule has 0 saturated heterocycles. The second-order valence-electron chi connectivity index (χ2n) is 6.51. The summed E-state index contributed by atoms with van der Waals surface area (Å²) in [5.74, 6) is -0.864. The highest BCUT2D eigenvalue weighted by Crippen LogP contribution is 2.24. The molecule has 0 fully saturated rings. The molecule has 0 bridgehead atoms. The Balaban J connectivity index is 2.12. The normalized spacial score (nSPS) is 10.4. The first-order valence-corrected chi connectivity index (χ1v) is 8.27. The molecule has 0 aliphatic heterocycles. The number of nitrogen functional groups attached to an aromatic ring is 1. The summed E-state index contributed by atoms with van der Waals surface area (Å²) < 4.78 is 0. The Morgan fingerprint density at radius 1 is 1.15 bits per heavy atom. The van der Waals surface area contributed by atoms with Gasteiger partial charge in [0.05, 0.1) is 11.5 Å². The predicted octanol–water partition coefficient (Wildman–Crippen LogP) is 2.81. The van der Waals surface area contributed by atoms with Crippen molar-refractivity contribution in [2.75, 3.05) is 24.6 Å². The molecule has 27 heavy (non-hydrogen) atoms. The van der Waals surface area contributed by atoms with Crippen LogP contribution in [-0.2, 0) is 4.79 Å². The first-order chi connectivity index (χ1) is 12.6. The van der Waals surface area contributed by atoms with E-state index in [0.717, 1.165) is 28.4 Å². The number of amides is 2. The van der Waals surface area contributed by atoms with Crippen molar-refractivity contribution >= 4 is 28.9 Å². The molecule has 0 saturated carbocycles. The number of aryl methyl sites for hydroxylation is 3. The topological polar surface area (TPSA) is 119 Å². The van der Waals surface area contributed by atoms with Gasteiger partial charge in [-0.15, -0.1) is 0 Å². The molecular formula is C19H22N4O4. The number of rotatable bonds is 5. The number of hydrogen-bond acceptors (Lipinski definition) is 5. The summed E-state index contributed by atoms with van der Waals surface area (Å²) in [5, 5.41) is 13.8. The number of nitrogens with one attached hydrogen (secondary N) is 1. The highest BCUT2D eigenvalue weighted by atomic mass is 16.6. The van der Waals surface area contributed by atoms with Crippen molar-refractivity contribution < 1.29 is 14.5 Å². The van der Waals surface area contributed by atoms with Crippen LogP contribution in [0.5, 0.6) is 0 Å². The van der Waals surface area contributed by atoms with Crippen molar-refractivity contribution in [1.29, 1.82) is 0 Å². The average molecular weight is 370 g/mol. The van der Waals surface area contributed by atoms with Crippen LogP contribution in [0.15, 0.2) is 30.3 Å². The zero-order chi connectivity index (χ0) is 20.3. The van der Waals surface area contributed by atoms with Gasteiger partial charge < -0.3 is 16.0 Å². The summed E-state index contributed by atoms with van der Waals surface area (Å²) in [5.41, 5.74) is 8.95. The molecular weight excluding hydrogens is 348 g/mol. The van der Waals surface area contributed by atoms with E-state index in [1.54, 1.807) is 0 Å². The molecule has 2 amide bonds. The Morgan fingerprint density at radius 2 is 1.74 bits per heavy atom. The summed E-state index contributed by atoms with van der Waals surface area (Å²) in [6, 6.07) is 7.74. The van der Waals surface area contributed by atoms with Crippen molar-refractivity contribution in [2.24, 2.45) is 0 Å². The van der Waals surface area contributed by atoms with Gasteiger partial charge in [-0.05, 0) is 44.0 Å². The molecule has 0 aliphatic rings. The Bertz CT molecular complexity index is 901. The van der Waals surface area contributed by atoms with Gasteiger partial charge >= 0.3 is 0 Å². The van der Waals surface area contributed by atoms with E-state index in [1.165, 1.54) is 24.1 Å². The van der Waals surface area contributed by atoms with Crippen LogP contribution in [-0.4, -0.2) is 35.2 Å². The third-order valence-electron chi connectivity index (χ3n) is 4.14. The van der Waals surface area contributed by atoms with E-state index in [0.29, 0.717) is 0 Å². The lowest BCUT2D eigenvalue weighted by Crippen LogP contribution is -2.35. The summed E-state index contributed by atoms with van der Waals surface area (Å²) in [6.45, 7) is 5.59. The quantitative estimate of drug-likeness (QED) is 0.476. The van der Waals surface area contributed by atoms with Crippen LogP contribution in [0.4, 0.5) is 17.1 Å². The molecule has 8 nitrogen and oxygen atoms in total. The lowest BCUT2D eigenvalue weighted by molar-refractivity contribution is -0.383. The van der Waals surface area contributed by atoms with Crippen LogP contribution in [0.25, 0.3) is 0 Å². The van der Waals surface area contributed by atoms with E-state index in [2.05, 4.69) is 5.32 Å². The van der Waals surface area contributed by atoms with Gasteiger partial charge in [-0.25, -0.2) is 0 Å². The molecule has 0 unspecified atom stereocenters.